The van der Waals surface area contributed by atoms with Gasteiger partial charge in [0.15, 0.2) is 0 Å². The molecule has 0 bridgehead atoms. The molecule has 0 aliphatic heterocycles. The highest BCUT2D eigenvalue weighted by Crippen LogP contribution is 2.32. The number of carbonyl (C=O) groups is 1. The van der Waals surface area contributed by atoms with Crippen molar-refractivity contribution in [2.75, 3.05) is 10.6 Å². The van der Waals surface area contributed by atoms with Crippen LogP contribution in [0.2, 0.25) is 0 Å². The van der Waals surface area contributed by atoms with Crippen molar-refractivity contribution in [2.24, 2.45) is 0 Å². The number of hydrogen-bond acceptors (Lipinski definition) is 4. The SMILES string of the molecule is Cc1ccc(OC(=O)Nc2ccc(-c3nc4cccc(C)n4c3NC(C)(C)C)cc2)cc1. The quantitative estimate of drug-likeness (QED) is 0.392. The third kappa shape index (κ3) is 4.75. The Labute approximate surface area is 188 Å². The fourth-order valence-corrected chi connectivity index (χ4v) is 3.49. The molecule has 2 aromatic carbocycles. The molecule has 164 valence electrons. The van der Waals surface area contributed by atoms with Gasteiger partial charge in [0.05, 0.1) is 0 Å². The smallest absolute Gasteiger partial charge is 0.410 e. The Kier molecular flexibility index (Phi) is 5.61. The molecule has 1 amide bonds. The number of pyridine rings is 1. The minimum Gasteiger partial charge on any atom is -0.410 e. The molecule has 0 aliphatic rings. The third-order valence-electron chi connectivity index (χ3n) is 4.97. The molecule has 0 radical (unpaired) electrons. The molecular formula is C26H28N4O2. The van der Waals surface area contributed by atoms with E-state index < -0.39 is 6.09 Å². The first-order chi connectivity index (χ1) is 15.2. The minimum atomic E-state index is -0.528. The lowest BCUT2D eigenvalue weighted by Crippen LogP contribution is -2.27. The lowest BCUT2D eigenvalue weighted by molar-refractivity contribution is 0.215. The monoisotopic (exact) mass is 428 g/mol. The summed E-state index contributed by atoms with van der Waals surface area (Å²) in [4.78, 5) is 17.1. The van der Waals surface area contributed by atoms with Gasteiger partial charge in [-0.05, 0) is 71.0 Å². The molecule has 6 nitrogen and oxygen atoms in total. The van der Waals surface area contributed by atoms with E-state index in [1.807, 2.05) is 55.5 Å². The predicted octanol–water partition coefficient (Wildman–Crippen LogP) is 6.44. The van der Waals surface area contributed by atoms with Gasteiger partial charge in [-0.25, -0.2) is 9.78 Å². The van der Waals surface area contributed by atoms with Gasteiger partial charge in [-0.1, -0.05) is 35.9 Å². The second-order valence-electron chi connectivity index (χ2n) is 8.95. The topological polar surface area (TPSA) is 67.7 Å². The zero-order valence-corrected chi connectivity index (χ0v) is 19.1. The molecule has 0 fully saturated rings. The molecule has 0 saturated heterocycles. The lowest BCUT2D eigenvalue weighted by atomic mass is 10.1. The maximum Gasteiger partial charge on any atom is 0.417 e. The largest absolute Gasteiger partial charge is 0.417 e. The summed E-state index contributed by atoms with van der Waals surface area (Å²) < 4.78 is 7.47. The number of aryl methyl sites for hydroxylation is 2. The van der Waals surface area contributed by atoms with Gasteiger partial charge in [0, 0.05) is 22.5 Å². The number of fused-ring (bicyclic) bond motifs is 1. The molecule has 4 aromatic rings. The fourth-order valence-electron chi connectivity index (χ4n) is 3.49. The molecule has 0 aliphatic carbocycles. The van der Waals surface area contributed by atoms with Crippen LogP contribution in [-0.2, 0) is 0 Å². The Morgan fingerprint density at radius 1 is 0.938 bits per heavy atom. The maximum atomic E-state index is 12.2. The van der Waals surface area contributed by atoms with E-state index in [1.54, 1.807) is 12.1 Å². The standard InChI is InChI=1S/C26H28N4O2/c1-17-9-15-21(16-10-17)32-25(31)27-20-13-11-19(12-14-20)23-24(29-26(3,4)5)30-18(2)7-6-8-22(30)28-23/h6-16,29H,1-5H3,(H,27,31). The summed E-state index contributed by atoms with van der Waals surface area (Å²) in [7, 11) is 0. The van der Waals surface area contributed by atoms with E-state index in [9.17, 15) is 4.79 Å². The van der Waals surface area contributed by atoms with E-state index >= 15 is 0 Å². The van der Waals surface area contributed by atoms with Crippen molar-refractivity contribution in [3.05, 3.63) is 78.0 Å². The second-order valence-corrected chi connectivity index (χ2v) is 8.95. The Hall–Kier alpha value is -3.80. The Morgan fingerprint density at radius 3 is 2.28 bits per heavy atom. The molecule has 4 rings (SSSR count). The first-order valence-corrected chi connectivity index (χ1v) is 10.6. The second kappa shape index (κ2) is 8.38. The molecule has 0 unspecified atom stereocenters. The van der Waals surface area contributed by atoms with Crippen LogP contribution in [0.5, 0.6) is 5.75 Å². The number of carbonyl (C=O) groups excluding carboxylic acids is 1. The Morgan fingerprint density at radius 2 is 1.62 bits per heavy atom. The molecule has 2 aromatic heterocycles. The van der Waals surface area contributed by atoms with E-state index in [0.29, 0.717) is 11.4 Å². The van der Waals surface area contributed by atoms with Gasteiger partial charge in [-0.2, -0.15) is 0 Å². The van der Waals surface area contributed by atoms with Crippen LogP contribution in [0.3, 0.4) is 0 Å². The summed E-state index contributed by atoms with van der Waals surface area (Å²) in [5, 5.41) is 6.37. The van der Waals surface area contributed by atoms with E-state index in [1.165, 1.54) is 0 Å². The van der Waals surface area contributed by atoms with Crippen molar-refractivity contribution in [3.63, 3.8) is 0 Å². The van der Waals surface area contributed by atoms with Crippen molar-refractivity contribution in [1.82, 2.24) is 9.38 Å². The average Bonchev–Trinajstić information content (AvgIpc) is 3.08. The maximum absolute atomic E-state index is 12.2. The molecule has 6 heteroatoms. The van der Waals surface area contributed by atoms with Gasteiger partial charge < -0.3 is 10.1 Å². The van der Waals surface area contributed by atoms with Crippen LogP contribution < -0.4 is 15.4 Å². The zero-order valence-electron chi connectivity index (χ0n) is 19.1. The van der Waals surface area contributed by atoms with Crippen LogP contribution in [0.4, 0.5) is 16.3 Å². The van der Waals surface area contributed by atoms with Gasteiger partial charge in [-0.3, -0.25) is 9.72 Å². The average molecular weight is 429 g/mol. The number of anilines is 2. The van der Waals surface area contributed by atoms with Crippen LogP contribution in [0.15, 0.2) is 66.7 Å². The highest BCUT2D eigenvalue weighted by Gasteiger charge is 2.20. The van der Waals surface area contributed by atoms with Crippen LogP contribution >= 0.6 is 0 Å². The fraction of sp³-hybridized carbons (Fsp3) is 0.231. The number of hydrogen-bond donors (Lipinski definition) is 2. The summed E-state index contributed by atoms with van der Waals surface area (Å²) in [5.74, 6) is 1.45. The number of ether oxygens (including phenoxy) is 1. The first-order valence-electron chi connectivity index (χ1n) is 10.6. The van der Waals surface area contributed by atoms with Crippen molar-refractivity contribution in [1.29, 1.82) is 0 Å². The molecule has 2 heterocycles. The van der Waals surface area contributed by atoms with Gasteiger partial charge in [0.1, 0.15) is 22.9 Å². The molecule has 0 spiro atoms. The van der Waals surface area contributed by atoms with Crippen LogP contribution in [0.25, 0.3) is 16.9 Å². The van der Waals surface area contributed by atoms with Crippen molar-refractivity contribution < 1.29 is 9.53 Å². The van der Waals surface area contributed by atoms with Crippen molar-refractivity contribution in [3.8, 4) is 17.0 Å². The molecule has 32 heavy (non-hydrogen) atoms. The van der Waals surface area contributed by atoms with E-state index in [0.717, 1.165) is 34.0 Å². The summed E-state index contributed by atoms with van der Waals surface area (Å²) in [6.45, 7) is 10.4. The van der Waals surface area contributed by atoms with Gasteiger partial charge in [0.25, 0.3) is 0 Å². The molecule has 0 saturated carbocycles. The number of rotatable bonds is 4. The normalized spacial score (nSPS) is 11.4. The molecule has 2 N–H and O–H groups in total. The third-order valence-corrected chi connectivity index (χ3v) is 4.97. The summed E-state index contributed by atoms with van der Waals surface area (Å²) in [5.41, 5.74) is 5.43. The summed E-state index contributed by atoms with van der Waals surface area (Å²) >= 11 is 0. The Balaban J connectivity index is 1.58. The van der Waals surface area contributed by atoms with Crippen molar-refractivity contribution in [2.45, 2.75) is 40.2 Å². The van der Waals surface area contributed by atoms with E-state index in [-0.39, 0.29) is 5.54 Å². The number of nitrogens with zero attached hydrogens (tertiary/aromatic N) is 2. The zero-order chi connectivity index (χ0) is 22.9. The van der Waals surface area contributed by atoms with Gasteiger partial charge in [0.2, 0.25) is 0 Å². The number of amides is 1. The van der Waals surface area contributed by atoms with Gasteiger partial charge in [-0.15, -0.1) is 0 Å². The number of benzene rings is 2. The minimum absolute atomic E-state index is 0.131. The predicted molar refractivity (Wildman–Crippen MR) is 130 cm³/mol. The number of nitrogens with one attached hydrogen (secondary N) is 2. The highest BCUT2D eigenvalue weighted by atomic mass is 16.6. The number of aromatic nitrogens is 2. The van der Waals surface area contributed by atoms with Gasteiger partial charge >= 0.3 is 6.09 Å². The summed E-state index contributed by atoms with van der Waals surface area (Å²) in [6, 6.07) is 21.0. The highest BCUT2D eigenvalue weighted by molar-refractivity contribution is 5.87. The van der Waals surface area contributed by atoms with E-state index in [4.69, 9.17) is 9.72 Å². The van der Waals surface area contributed by atoms with Crippen LogP contribution in [0.1, 0.15) is 32.0 Å². The molecule has 0 atom stereocenters. The van der Waals surface area contributed by atoms with E-state index in [2.05, 4.69) is 48.8 Å². The number of imidazole rings is 1. The van der Waals surface area contributed by atoms with Crippen LogP contribution in [0, 0.1) is 13.8 Å². The van der Waals surface area contributed by atoms with Crippen molar-refractivity contribution >= 4 is 23.2 Å². The summed E-state index contributed by atoms with van der Waals surface area (Å²) in [6.07, 6.45) is -0.528. The van der Waals surface area contributed by atoms with Crippen LogP contribution in [-0.4, -0.2) is 21.0 Å². The lowest BCUT2D eigenvalue weighted by Gasteiger charge is -2.23. The first kappa shape index (κ1) is 21.4. The molecular weight excluding hydrogens is 400 g/mol. The Bertz CT molecular complexity index is 1250.